The standard InChI is InChI=1S/C20H28O/c1-15(2)18-12-11-16(3)20(21,19(18,4)5)14-13-17-9-7-6-8-10-17/h6-11,18,21H,1,12-14H2,2-5H3/t18-,20-/m0/s1. The zero-order valence-electron chi connectivity index (χ0n) is 13.8. The number of benzene rings is 1. The molecule has 21 heavy (non-hydrogen) atoms. The Balaban J connectivity index is 2.27. The molecule has 1 aliphatic rings. The molecule has 1 N–H and O–H groups in total. The van der Waals surface area contributed by atoms with Gasteiger partial charge < -0.3 is 5.11 Å². The molecule has 0 saturated carbocycles. The van der Waals surface area contributed by atoms with E-state index < -0.39 is 5.60 Å². The van der Waals surface area contributed by atoms with E-state index in [0.29, 0.717) is 5.92 Å². The van der Waals surface area contributed by atoms with Crippen LogP contribution in [0.5, 0.6) is 0 Å². The minimum absolute atomic E-state index is 0.188. The van der Waals surface area contributed by atoms with Crippen molar-refractivity contribution in [3.05, 3.63) is 59.7 Å². The Labute approximate surface area is 129 Å². The van der Waals surface area contributed by atoms with Crippen LogP contribution in [0.25, 0.3) is 0 Å². The van der Waals surface area contributed by atoms with Crippen LogP contribution >= 0.6 is 0 Å². The quantitative estimate of drug-likeness (QED) is 0.778. The molecule has 0 saturated heterocycles. The highest BCUT2D eigenvalue weighted by molar-refractivity contribution is 5.29. The van der Waals surface area contributed by atoms with Crippen LogP contribution in [-0.4, -0.2) is 10.7 Å². The normalized spacial score (nSPS) is 28.0. The minimum Gasteiger partial charge on any atom is -0.385 e. The summed E-state index contributed by atoms with van der Waals surface area (Å²) < 4.78 is 0. The molecule has 0 radical (unpaired) electrons. The highest BCUT2D eigenvalue weighted by Crippen LogP contribution is 2.52. The highest BCUT2D eigenvalue weighted by atomic mass is 16.3. The summed E-state index contributed by atoms with van der Waals surface area (Å²) in [6.07, 6.45) is 4.85. The van der Waals surface area contributed by atoms with Gasteiger partial charge in [-0.05, 0) is 50.2 Å². The fourth-order valence-electron chi connectivity index (χ4n) is 3.86. The fourth-order valence-corrected chi connectivity index (χ4v) is 3.86. The lowest BCUT2D eigenvalue weighted by molar-refractivity contribution is -0.0727. The van der Waals surface area contributed by atoms with E-state index >= 15 is 0 Å². The third kappa shape index (κ3) is 2.85. The molecule has 1 aromatic carbocycles. The average Bonchev–Trinajstić information content (AvgIpc) is 2.43. The molecular weight excluding hydrogens is 256 g/mol. The molecule has 0 spiro atoms. The Morgan fingerprint density at radius 1 is 1.29 bits per heavy atom. The zero-order chi connectivity index (χ0) is 15.7. The van der Waals surface area contributed by atoms with Gasteiger partial charge >= 0.3 is 0 Å². The van der Waals surface area contributed by atoms with Gasteiger partial charge in [0.05, 0.1) is 5.60 Å². The number of rotatable bonds is 4. The monoisotopic (exact) mass is 284 g/mol. The van der Waals surface area contributed by atoms with Crippen molar-refractivity contribution in [3.63, 3.8) is 0 Å². The maximum absolute atomic E-state index is 11.4. The molecule has 0 unspecified atom stereocenters. The minimum atomic E-state index is -0.759. The maximum atomic E-state index is 11.4. The van der Waals surface area contributed by atoms with Crippen molar-refractivity contribution in [2.45, 2.75) is 52.6 Å². The summed E-state index contributed by atoms with van der Waals surface area (Å²) in [6.45, 7) is 12.7. The van der Waals surface area contributed by atoms with E-state index in [9.17, 15) is 5.11 Å². The predicted octanol–water partition coefficient (Wildman–Crippen LogP) is 4.92. The Morgan fingerprint density at radius 3 is 2.48 bits per heavy atom. The third-order valence-corrected chi connectivity index (χ3v) is 5.46. The molecule has 1 aliphatic carbocycles. The van der Waals surface area contributed by atoms with Gasteiger partial charge in [-0.3, -0.25) is 0 Å². The van der Waals surface area contributed by atoms with Crippen LogP contribution < -0.4 is 0 Å². The van der Waals surface area contributed by atoms with Crippen LogP contribution in [0.4, 0.5) is 0 Å². The Bertz CT molecular complexity index is 538. The first kappa shape index (κ1) is 16.0. The lowest BCUT2D eigenvalue weighted by atomic mass is 9.56. The number of hydrogen-bond acceptors (Lipinski definition) is 1. The molecule has 0 heterocycles. The van der Waals surface area contributed by atoms with Crippen LogP contribution in [0.15, 0.2) is 54.1 Å². The third-order valence-electron chi connectivity index (χ3n) is 5.46. The first-order valence-electron chi connectivity index (χ1n) is 7.88. The van der Waals surface area contributed by atoms with E-state index in [0.717, 1.165) is 24.8 Å². The molecule has 0 fully saturated rings. The van der Waals surface area contributed by atoms with E-state index in [-0.39, 0.29) is 5.41 Å². The summed E-state index contributed by atoms with van der Waals surface area (Å²) in [5, 5.41) is 11.4. The summed E-state index contributed by atoms with van der Waals surface area (Å²) in [5.41, 5.74) is 2.62. The second kappa shape index (κ2) is 5.81. The summed E-state index contributed by atoms with van der Waals surface area (Å²) in [6, 6.07) is 10.4. The lowest BCUT2D eigenvalue weighted by Gasteiger charge is -2.51. The predicted molar refractivity (Wildman–Crippen MR) is 90.2 cm³/mol. The molecule has 0 aromatic heterocycles. The maximum Gasteiger partial charge on any atom is 0.0913 e. The van der Waals surface area contributed by atoms with E-state index in [2.05, 4.69) is 64.6 Å². The summed E-state index contributed by atoms with van der Waals surface area (Å²) >= 11 is 0. The second-order valence-corrected chi connectivity index (χ2v) is 7.09. The SMILES string of the molecule is C=C(C)[C@@H]1CC=C(C)[C@@](O)(CCc2ccccc2)C1(C)C. The molecule has 0 aliphatic heterocycles. The van der Waals surface area contributed by atoms with Crippen LogP contribution in [0.1, 0.15) is 46.1 Å². The molecule has 0 bridgehead atoms. The van der Waals surface area contributed by atoms with Gasteiger partial charge in [-0.1, -0.05) is 62.4 Å². The van der Waals surface area contributed by atoms with E-state index in [4.69, 9.17) is 0 Å². The van der Waals surface area contributed by atoms with Gasteiger partial charge in [0.15, 0.2) is 0 Å². The molecule has 0 amide bonds. The fraction of sp³-hybridized carbons (Fsp3) is 0.500. The molecule has 1 aromatic rings. The van der Waals surface area contributed by atoms with Gasteiger partial charge in [-0.15, -0.1) is 0 Å². The van der Waals surface area contributed by atoms with Crippen LogP contribution in [0.3, 0.4) is 0 Å². The van der Waals surface area contributed by atoms with Gasteiger partial charge in [-0.25, -0.2) is 0 Å². The van der Waals surface area contributed by atoms with E-state index in [1.807, 2.05) is 6.07 Å². The van der Waals surface area contributed by atoms with Crippen molar-refractivity contribution in [2.24, 2.45) is 11.3 Å². The number of hydrogen-bond donors (Lipinski definition) is 1. The zero-order valence-corrected chi connectivity index (χ0v) is 13.8. The topological polar surface area (TPSA) is 20.2 Å². The van der Waals surface area contributed by atoms with Crippen molar-refractivity contribution in [1.82, 2.24) is 0 Å². The van der Waals surface area contributed by atoms with Crippen LogP contribution in [0, 0.1) is 11.3 Å². The number of aryl methyl sites for hydroxylation is 1. The Hall–Kier alpha value is -1.34. The van der Waals surface area contributed by atoms with E-state index in [1.54, 1.807) is 0 Å². The van der Waals surface area contributed by atoms with Gasteiger partial charge in [0.2, 0.25) is 0 Å². The number of aliphatic hydroxyl groups is 1. The summed E-state index contributed by atoms with van der Waals surface area (Å²) in [7, 11) is 0. The van der Waals surface area contributed by atoms with Crippen molar-refractivity contribution >= 4 is 0 Å². The average molecular weight is 284 g/mol. The molecule has 2 rings (SSSR count). The summed E-state index contributed by atoms with van der Waals surface area (Å²) in [4.78, 5) is 0. The van der Waals surface area contributed by atoms with Crippen LogP contribution in [0.2, 0.25) is 0 Å². The van der Waals surface area contributed by atoms with Crippen molar-refractivity contribution in [1.29, 1.82) is 0 Å². The van der Waals surface area contributed by atoms with Gasteiger partial charge in [-0.2, -0.15) is 0 Å². The van der Waals surface area contributed by atoms with Gasteiger partial charge in [0, 0.05) is 5.41 Å². The molecule has 114 valence electrons. The summed E-state index contributed by atoms with van der Waals surface area (Å²) in [5.74, 6) is 0.335. The lowest BCUT2D eigenvalue weighted by Crippen LogP contribution is -2.52. The largest absolute Gasteiger partial charge is 0.385 e. The highest BCUT2D eigenvalue weighted by Gasteiger charge is 2.50. The molecule has 1 nitrogen and oxygen atoms in total. The van der Waals surface area contributed by atoms with E-state index in [1.165, 1.54) is 11.1 Å². The van der Waals surface area contributed by atoms with Crippen molar-refractivity contribution < 1.29 is 5.11 Å². The first-order chi connectivity index (χ1) is 9.79. The molecule has 2 atom stereocenters. The number of allylic oxidation sites excluding steroid dienone is 2. The van der Waals surface area contributed by atoms with Gasteiger partial charge in [0.25, 0.3) is 0 Å². The van der Waals surface area contributed by atoms with Crippen molar-refractivity contribution in [2.75, 3.05) is 0 Å². The Morgan fingerprint density at radius 2 is 1.90 bits per heavy atom. The van der Waals surface area contributed by atoms with Crippen molar-refractivity contribution in [3.8, 4) is 0 Å². The second-order valence-electron chi connectivity index (χ2n) is 7.09. The smallest absolute Gasteiger partial charge is 0.0913 e. The van der Waals surface area contributed by atoms with Crippen LogP contribution in [-0.2, 0) is 6.42 Å². The van der Waals surface area contributed by atoms with Gasteiger partial charge in [0.1, 0.15) is 0 Å². The molecular formula is C20H28O. The first-order valence-corrected chi connectivity index (χ1v) is 7.88. The Kier molecular flexibility index (Phi) is 4.43. The molecule has 1 heteroatoms.